The number of benzene rings is 1. The summed E-state index contributed by atoms with van der Waals surface area (Å²) in [7, 11) is 2.13. The Hall–Kier alpha value is -1.52. The Morgan fingerprint density at radius 1 is 1.36 bits per heavy atom. The lowest BCUT2D eigenvalue weighted by molar-refractivity contribution is 0.308. The van der Waals surface area contributed by atoms with Gasteiger partial charge in [-0.2, -0.15) is 0 Å². The highest BCUT2D eigenvalue weighted by molar-refractivity contribution is 5.84. The first-order valence-corrected chi connectivity index (χ1v) is 8.04. The van der Waals surface area contributed by atoms with Crippen LogP contribution in [0.15, 0.2) is 18.2 Å². The summed E-state index contributed by atoms with van der Waals surface area (Å²) in [5, 5.41) is 4.46. The van der Waals surface area contributed by atoms with Crippen molar-refractivity contribution in [1.82, 2.24) is 15.2 Å². The first kappa shape index (κ1) is 15.4. The Morgan fingerprint density at radius 3 is 2.95 bits per heavy atom. The smallest absolute Gasteiger partial charge is 0.149 e. The molecule has 0 amide bonds. The van der Waals surface area contributed by atoms with Crippen molar-refractivity contribution in [2.75, 3.05) is 20.1 Å². The van der Waals surface area contributed by atoms with Crippen molar-refractivity contribution in [3.63, 3.8) is 0 Å². The number of halogens is 1. The molecule has 1 aromatic carbocycles. The van der Waals surface area contributed by atoms with Gasteiger partial charge in [-0.3, -0.25) is 0 Å². The predicted molar refractivity (Wildman–Crippen MR) is 88.3 cm³/mol. The van der Waals surface area contributed by atoms with Crippen LogP contribution in [0.25, 0.3) is 10.9 Å². The molecule has 3 nitrogen and oxygen atoms in total. The normalized spacial score (nSPS) is 15.5. The van der Waals surface area contributed by atoms with Crippen LogP contribution in [-0.4, -0.2) is 30.0 Å². The highest BCUT2D eigenvalue weighted by atomic mass is 19.1. The Labute approximate surface area is 131 Å². The van der Waals surface area contributed by atoms with E-state index in [4.69, 9.17) is 0 Å². The van der Waals surface area contributed by atoms with E-state index in [1.807, 2.05) is 6.07 Å². The molecule has 0 spiro atoms. The minimum atomic E-state index is -0.218. The van der Waals surface area contributed by atoms with Crippen molar-refractivity contribution in [3.05, 3.63) is 40.8 Å². The predicted octanol–water partition coefficient (Wildman–Crippen LogP) is 3.11. The minimum absolute atomic E-state index is 0.218. The lowest BCUT2D eigenvalue weighted by Crippen LogP contribution is -2.30. The minimum Gasteiger partial charge on any atom is -0.312 e. The van der Waals surface area contributed by atoms with Gasteiger partial charge in [0.15, 0.2) is 0 Å². The lowest BCUT2D eigenvalue weighted by atomic mass is 9.95. The molecule has 1 aromatic heterocycles. The van der Waals surface area contributed by atoms with E-state index in [1.165, 1.54) is 17.2 Å². The molecule has 118 valence electrons. The van der Waals surface area contributed by atoms with Gasteiger partial charge in [-0.05, 0) is 36.7 Å². The number of aromatic nitrogens is 1. The Morgan fingerprint density at radius 2 is 2.18 bits per heavy atom. The van der Waals surface area contributed by atoms with Gasteiger partial charge in [0.1, 0.15) is 11.3 Å². The molecule has 0 atom stereocenters. The van der Waals surface area contributed by atoms with Crippen molar-refractivity contribution in [2.45, 2.75) is 33.4 Å². The first-order valence-electron chi connectivity index (χ1n) is 8.04. The second-order valence-electron chi connectivity index (χ2n) is 6.66. The van der Waals surface area contributed by atoms with Crippen LogP contribution in [0.3, 0.4) is 0 Å². The van der Waals surface area contributed by atoms with E-state index in [1.54, 1.807) is 6.07 Å². The number of hydrogen-bond acceptors (Lipinski definition) is 3. The maximum atomic E-state index is 14.2. The van der Waals surface area contributed by atoms with Crippen molar-refractivity contribution in [3.8, 4) is 0 Å². The zero-order chi connectivity index (χ0) is 15.7. The molecule has 0 aliphatic carbocycles. The summed E-state index contributed by atoms with van der Waals surface area (Å²) in [6, 6.07) is 5.28. The number of fused-ring (bicyclic) bond motifs is 2. The molecule has 1 aliphatic rings. The Balaban J connectivity index is 2.08. The van der Waals surface area contributed by atoms with E-state index >= 15 is 0 Å². The van der Waals surface area contributed by atoms with Gasteiger partial charge in [-0.15, -0.1) is 0 Å². The van der Waals surface area contributed by atoms with Gasteiger partial charge in [0, 0.05) is 37.1 Å². The van der Waals surface area contributed by atoms with Gasteiger partial charge in [0.2, 0.25) is 0 Å². The molecule has 2 aromatic rings. The summed E-state index contributed by atoms with van der Waals surface area (Å²) in [6.07, 6.45) is 0.896. The van der Waals surface area contributed by atoms with Gasteiger partial charge < -0.3 is 10.2 Å². The second kappa shape index (κ2) is 6.31. The molecule has 1 N–H and O–H groups in total. The average Bonchev–Trinajstić information content (AvgIpc) is 2.47. The topological polar surface area (TPSA) is 28.2 Å². The number of para-hydroxylation sites is 1. The molecule has 0 unspecified atom stereocenters. The molecular weight excluding hydrogens is 277 g/mol. The first-order chi connectivity index (χ1) is 10.6. The third kappa shape index (κ3) is 2.99. The fraction of sp³-hybridized carbons (Fsp3) is 0.500. The summed E-state index contributed by atoms with van der Waals surface area (Å²) in [5.74, 6) is 0.382. The van der Waals surface area contributed by atoms with Gasteiger partial charge in [0.05, 0.1) is 0 Å². The summed E-state index contributed by atoms with van der Waals surface area (Å²) in [6.45, 7) is 8.01. The van der Waals surface area contributed by atoms with E-state index in [-0.39, 0.29) is 5.82 Å². The van der Waals surface area contributed by atoms with Crippen molar-refractivity contribution < 1.29 is 4.39 Å². The van der Waals surface area contributed by atoms with Gasteiger partial charge in [0.25, 0.3) is 0 Å². The monoisotopic (exact) mass is 301 g/mol. The highest BCUT2D eigenvalue weighted by Gasteiger charge is 2.21. The fourth-order valence-electron chi connectivity index (χ4n) is 3.14. The lowest BCUT2D eigenvalue weighted by Gasteiger charge is -2.27. The van der Waals surface area contributed by atoms with Crippen molar-refractivity contribution >= 4 is 10.9 Å². The highest BCUT2D eigenvalue weighted by Crippen LogP contribution is 2.28. The van der Waals surface area contributed by atoms with Crippen LogP contribution >= 0.6 is 0 Å². The van der Waals surface area contributed by atoms with E-state index < -0.39 is 0 Å². The molecule has 1 aliphatic heterocycles. The molecule has 0 radical (unpaired) electrons. The maximum Gasteiger partial charge on any atom is 0.149 e. The largest absolute Gasteiger partial charge is 0.312 e. The zero-order valence-corrected chi connectivity index (χ0v) is 13.6. The van der Waals surface area contributed by atoms with Crippen LogP contribution in [-0.2, 0) is 19.5 Å². The van der Waals surface area contributed by atoms with E-state index in [9.17, 15) is 4.39 Å². The number of nitrogens with zero attached hydrogens (tertiary/aromatic N) is 2. The maximum absolute atomic E-state index is 14.2. The van der Waals surface area contributed by atoms with Gasteiger partial charge >= 0.3 is 0 Å². The summed E-state index contributed by atoms with van der Waals surface area (Å²) in [4.78, 5) is 6.93. The van der Waals surface area contributed by atoms with E-state index in [2.05, 4.69) is 36.1 Å². The molecule has 0 saturated heterocycles. The Kier molecular flexibility index (Phi) is 4.41. The quantitative estimate of drug-likeness (QED) is 0.940. The third-order valence-electron chi connectivity index (χ3n) is 4.28. The summed E-state index contributed by atoms with van der Waals surface area (Å²) < 4.78 is 14.2. The van der Waals surface area contributed by atoms with E-state index in [0.29, 0.717) is 11.4 Å². The third-order valence-corrected chi connectivity index (χ3v) is 4.28. The van der Waals surface area contributed by atoms with Crippen LogP contribution in [0.5, 0.6) is 0 Å². The molecule has 0 fully saturated rings. The molecule has 22 heavy (non-hydrogen) atoms. The molecule has 0 bridgehead atoms. The fourth-order valence-corrected chi connectivity index (χ4v) is 3.14. The van der Waals surface area contributed by atoms with Gasteiger partial charge in [-0.25, -0.2) is 9.37 Å². The zero-order valence-electron chi connectivity index (χ0n) is 13.6. The van der Waals surface area contributed by atoms with Crippen LogP contribution in [0.1, 0.15) is 30.7 Å². The molecule has 3 rings (SSSR count). The summed E-state index contributed by atoms with van der Waals surface area (Å²) in [5.41, 5.74) is 4.08. The molecule has 2 heterocycles. The van der Waals surface area contributed by atoms with Crippen molar-refractivity contribution in [1.29, 1.82) is 0 Å². The van der Waals surface area contributed by atoms with Crippen LogP contribution in [0.2, 0.25) is 0 Å². The summed E-state index contributed by atoms with van der Waals surface area (Å²) >= 11 is 0. The van der Waals surface area contributed by atoms with Crippen molar-refractivity contribution in [2.24, 2.45) is 5.92 Å². The van der Waals surface area contributed by atoms with Crippen LogP contribution in [0.4, 0.5) is 4.39 Å². The number of hydrogen-bond donors (Lipinski definition) is 1. The average molecular weight is 301 g/mol. The standard InChI is InChI=1S/C18H24FN3/c1-12(2)9-20-10-14-13-5-4-6-16(19)18(13)21-17-7-8-22(3)11-15(14)17/h4-6,12,20H,7-11H2,1-3H3. The number of likely N-dealkylation sites (N-methyl/N-ethyl adjacent to an activating group) is 1. The molecule has 0 saturated carbocycles. The SMILES string of the molecule is CC(C)CNCc1c2c(nc3c(F)cccc13)CCN(C)C2. The molecule has 4 heteroatoms. The Bertz CT molecular complexity index is 682. The van der Waals surface area contributed by atoms with Gasteiger partial charge in [-0.1, -0.05) is 26.0 Å². The van der Waals surface area contributed by atoms with Crippen LogP contribution in [0, 0.1) is 11.7 Å². The van der Waals surface area contributed by atoms with Crippen LogP contribution < -0.4 is 5.32 Å². The second-order valence-corrected chi connectivity index (χ2v) is 6.66. The van der Waals surface area contributed by atoms with E-state index in [0.717, 1.165) is 43.7 Å². The number of rotatable bonds is 4. The number of nitrogens with one attached hydrogen (secondary N) is 1. The number of pyridine rings is 1. The molecular formula is C18H24FN3.